The van der Waals surface area contributed by atoms with E-state index in [2.05, 4.69) is 17.6 Å². The fraction of sp³-hybridized carbons (Fsp3) is 0.409. The minimum atomic E-state index is -0.134. The first kappa shape index (κ1) is 20.0. The molecule has 0 aliphatic carbocycles. The molecule has 0 saturated carbocycles. The average molecular weight is 384 g/mol. The predicted octanol–water partition coefficient (Wildman–Crippen LogP) is 3.01. The summed E-state index contributed by atoms with van der Waals surface area (Å²) in [6, 6.07) is 13.4. The summed E-state index contributed by atoms with van der Waals surface area (Å²) >= 11 is 0. The van der Waals surface area contributed by atoms with Gasteiger partial charge in [-0.1, -0.05) is 37.3 Å². The van der Waals surface area contributed by atoms with Crippen molar-refractivity contribution in [2.75, 3.05) is 27.3 Å². The van der Waals surface area contributed by atoms with E-state index in [1.165, 1.54) is 0 Å². The molecular formula is C22H28N2O4. The number of carbonyl (C=O) groups excluding carboxylic acids is 1. The third-order valence-electron chi connectivity index (χ3n) is 5.05. The van der Waals surface area contributed by atoms with Gasteiger partial charge in [-0.2, -0.15) is 0 Å². The van der Waals surface area contributed by atoms with Crippen LogP contribution in [0.25, 0.3) is 0 Å². The number of rotatable bonds is 7. The quantitative estimate of drug-likeness (QED) is 0.768. The monoisotopic (exact) mass is 384 g/mol. The molecule has 2 unspecified atom stereocenters. The molecule has 1 aliphatic rings. The molecule has 6 nitrogen and oxygen atoms in total. The number of nitrogens with one attached hydrogen (secondary N) is 2. The lowest BCUT2D eigenvalue weighted by molar-refractivity contribution is 0.0913. The number of amides is 1. The normalized spacial score (nSPS) is 19.0. The van der Waals surface area contributed by atoms with E-state index in [9.17, 15) is 4.79 Å². The van der Waals surface area contributed by atoms with E-state index in [4.69, 9.17) is 14.2 Å². The number of ether oxygens (including phenoxy) is 3. The predicted molar refractivity (Wildman–Crippen MR) is 108 cm³/mol. The molecule has 1 fully saturated rings. The average Bonchev–Trinajstić information content (AvgIpc) is 2.73. The molecule has 2 aromatic rings. The van der Waals surface area contributed by atoms with Crippen LogP contribution >= 0.6 is 0 Å². The highest BCUT2D eigenvalue weighted by Crippen LogP contribution is 2.39. The zero-order valence-corrected chi connectivity index (χ0v) is 16.7. The first-order valence-corrected chi connectivity index (χ1v) is 9.56. The van der Waals surface area contributed by atoms with Gasteiger partial charge in [-0.15, -0.1) is 0 Å². The molecule has 2 atom stereocenters. The van der Waals surface area contributed by atoms with Crippen molar-refractivity contribution in [3.05, 3.63) is 53.6 Å². The Morgan fingerprint density at radius 2 is 1.82 bits per heavy atom. The Labute approximate surface area is 166 Å². The van der Waals surface area contributed by atoms with Crippen molar-refractivity contribution < 1.29 is 19.0 Å². The number of hydrogen-bond donors (Lipinski definition) is 2. The van der Waals surface area contributed by atoms with Crippen molar-refractivity contribution in [3.8, 4) is 17.2 Å². The number of piperidine rings is 1. The highest BCUT2D eigenvalue weighted by molar-refractivity contribution is 5.95. The second-order valence-electron chi connectivity index (χ2n) is 7.03. The molecule has 6 heteroatoms. The van der Waals surface area contributed by atoms with Crippen LogP contribution in [0.15, 0.2) is 42.5 Å². The van der Waals surface area contributed by atoms with Crippen molar-refractivity contribution in [3.63, 3.8) is 0 Å². The summed E-state index contributed by atoms with van der Waals surface area (Å²) in [5, 5.41) is 6.48. The lowest BCUT2D eigenvalue weighted by Crippen LogP contribution is -2.48. The topological polar surface area (TPSA) is 68.8 Å². The first-order valence-electron chi connectivity index (χ1n) is 9.56. The molecule has 0 spiro atoms. The SMILES string of the molecule is COc1cc(C(=O)NC2CCNCC2C)cc(OC)c1OCc1ccccc1. The van der Waals surface area contributed by atoms with Crippen molar-refractivity contribution in [1.82, 2.24) is 10.6 Å². The van der Waals surface area contributed by atoms with Crippen molar-refractivity contribution in [1.29, 1.82) is 0 Å². The Kier molecular flexibility index (Phi) is 6.76. The highest BCUT2D eigenvalue weighted by atomic mass is 16.5. The van der Waals surface area contributed by atoms with Gasteiger partial charge >= 0.3 is 0 Å². The van der Waals surface area contributed by atoms with Crippen LogP contribution in [-0.2, 0) is 6.61 Å². The second kappa shape index (κ2) is 9.46. The van der Waals surface area contributed by atoms with Crippen LogP contribution in [0.4, 0.5) is 0 Å². The Morgan fingerprint density at radius 3 is 2.43 bits per heavy atom. The van der Waals surface area contributed by atoms with Gasteiger partial charge in [0.2, 0.25) is 5.75 Å². The summed E-state index contributed by atoms with van der Waals surface area (Å²) < 4.78 is 16.9. The molecule has 2 aromatic carbocycles. The second-order valence-corrected chi connectivity index (χ2v) is 7.03. The van der Waals surface area contributed by atoms with Gasteiger partial charge in [0.1, 0.15) is 6.61 Å². The van der Waals surface area contributed by atoms with Gasteiger partial charge in [0, 0.05) is 11.6 Å². The number of benzene rings is 2. The Morgan fingerprint density at radius 1 is 1.14 bits per heavy atom. The van der Waals surface area contributed by atoms with Gasteiger partial charge in [0.15, 0.2) is 11.5 Å². The van der Waals surface area contributed by atoms with Gasteiger partial charge < -0.3 is 24.8 Å². The maximum atomic E-state index is 12.8. The maximum absolute atomic E-state index is 12.8. The molecule has 2 N–H and O–H groups in total. The summed E-state index contributed by atoms with van der Waals surface area (Å²) in [5.41, 5.74) is 1.53. The van der Waals surface area contributed by atoms with Gasteiger partial charge in [-0.05, 0) is 43.1 Å². The Bertz CT molecular complexity index is 769. The van der Waals surface area contributed by atoms with Crippen LogP contribution in [0.1, 0.15) is 29.3 Å². The van der Waals surface area contributed by atoms with Gasteiger partial charge in [-0.25, -0.2) is 0 Å². The minimum absolute atomic E-state index is 0.134. The van der Waals surface area contributed by atoms with Crippen LogP contribution in [0.2, 0.25) is 0 Å². The summed E-state index contributed by atoms with van der Waals surface area (Å²) in [6.07, 6.45) is 0.916. The zero-order chi connectivity index (χ0) is 19.9. The zero-order valence-electron chi connectivity index (χ0n) is 16.7. The standard InChI is InChI=1S/C22H28N2O4/c1-15-13-23-10-9-18(15)24-22(25)17-11-19(26-2)21(20(12-17)27-3)28-14-16-7-5-4-6-8-16/h4-8,11-12,15,18,23H,9-10,13-14H2,1-3H3,(H,24,25). The Balaban J connectivity index is 1.78. The third-order valence-corrected chi connectivity index (χ3v) is 5.05. The molecule has 150 valence electrons. The van der Waals surface area contributed by atoms with E-state index < -0.39 is 0 Å². The lowest BCUT2D eigenvalue weighted by Gasteiger charge is -2.30. The summed E-state index contributed by atoms with van der Waals surface area (Å²) in [7, 11) is 3.11. The van der Waals surface area contributed by atoms with E-state index in [1.54, 1.807) is 26.4 Å². The minimum Gasteiger partial charge on any atom is -0.493 e. The molecule has 0 bridgehead atoms. The van der Waals surface area contributed by atoms with E-state index in [1.807, 2.05) is 30.3 Å². The van der Waals surface area contributed by atoms with Gasteiger partial charge in [0.25, 0.3) is 5.91 Å². The largest absolute Gasteiger partial charge is 0.493 e. The molecule has 1 heterocycles. The third kappa shape index (κ3) is 4.75. The number of carbonyl (C=O) groups is 1. The fourth-order valence-electron chi connectivity index (χ4n) is 3.36. The lowest BCUT2D eigenvalue weighted by atomic mass is 9.95. The van der Waals surface area contributed by atoms with Gasteiger partial charge in [-0.3, -0.25) is 4.79 Å². The van der Waals surface area contributed by atoms with E-state index in [-0.39, 0.29) is 11.9 Å². The maximum Gasteiger partial charge on any atom is 0.251 e. The summed E-state index contributed by atoms with van der Waals surface area (Å²) in [4.78, 5) is 12.8. The molecular weight excluding hydrogens is 356 g/mol. The van der Waals surface area contributed by atoms with Crippen LogP contribution < -0.4 is 24.8 Å². The first-order chi connectivity index (χ1) is 13.6. The molecule has 28 heavy (non-hydrogen) atoms. The van der Waals surface area contributed by atoms with E-state index in [0.717, 1.165) is 25.1 Å². The van der Waals surface area contributed by atoms with Crippen LogP contribution in [0.3, 0.4) is 0 Å². The number of methoxy groups -OCH3 is 2. The van der Waals surface area contributed by atoms with E-state index >= 15 is 0 Å². The smallest absolute Gasteiger partial charge is 0.251 e. The summed E-state index contributed by atoms with van der Waals surface area (Å²) in [6.45, 7) is 4.34. The molecule has 0 aromatic heterocycles. The highest BCUT2D eigenvalue weighted by Gasteiger charge is 2.24. The van der Waals surface area contributed by atoms with Crippen molar-refractivity contribution in [2.24, 2.45) is 5.92 Å². The number of hydrogen-bond acceptors (Lipinski definition) is 5. The van der Waals surface area contributed by atoms with Crippen molar-refractivity contribution in [2.45, 2.75) is 26.0 Å². The molecule has 1 saturated heterocycles. The van der Waals surface area contributed by atoms with Crippen LogP contribution in [0, 0.1) is 5.92 Å². The van der Waals surface area contributed by atoms with Crippen LogP contribution in [-0.4, -0.2) is 39.3 Å². The summed E-state index contributed by atoms with van der Waals surface area (Å²) in [5.74, 6) is 1.68. The molecule has 0 radical (unpaired) electrons. The molecule has 3 rings (SSSR count). The fourth-order valence-corrected chi connectivity index (χ4v) is 3.36. The Hall–Kier alpha value is -2.73. The molecule has 1 aliphatic heterocycles. The van der Waals surface area contributed by atoms with E-state index in [0.29, 0.717) is 35.3 Å². The van der Waals surface area contributed by atoms with Gasteiger partial charge in [0.05, 0.1) is 14.2 Å². The van der Waals surface area contributed by atoms with Crippen molar-refractivity contribution >= 4 is 5.91 Å². The van der Waals surface area contributed by atoms with Crippen LogP contribution in [0.5, 0.6) is 17.2 Å². The molecule has 1 amide bonds.